The standard InChI is InChI=1S/C7H13NO4/c1-6(9)12-5-4-8(2,3)7(10)11/h4-5H2,1-3H3/p+1. The van der Waals surface area contributed by atoms with Crippen LogP contribution in [0.25, 0.3) is 0 Å². The number of nitrogens with zero attached hydrogens (tertiary/aromatic N) is 1. The third-order valence-corrected chi connectivity index (χ3v) is 1.47. The molecule has 0 saturated heterocycles. The van der Waals surface area contributed by atoms with Crippen molar-refractivity contribution < 1.29 is 23.9 Å². The Morgan fingerprint density at radius 2 is 1.92 bits per heavy atom. The van der Waals surface area contributed by atoms with E-state index in [1.165, 1.54) is 21.0 Å². The molecular formula is C7H14NO4+. The Hall–Kier alpha value is -1.10. The van der Waals surface area contributed by atoms with E-state index in [1.807, 2.05) is 0 Å². The smallest absolute Gasteiger partial charge is 0.460 e. The molecule has 0 heterocycles. The van der Waals surface area contributed by atoms with E-state index in [2.05, 4.69) is 4.74 Å². The van der Waals surface area contributed by atoms with Gasteiger partial charge >= 0.3 is 12.1 Å². The van der Waals surface area contributed by atoms with Gasteiger partial charge in [-0.25, -0.2) is 4.48 Å². The Labute approximate surface area is 71.1 Å². The van der Waals surface area contributed by atoms with Crippen LogP contribution in [0.15, 0.2) is 0 Å². The Bertz CT molecular complexity index is 188. The number of hydrogen-bond acceptors (Lipinski definition) is 3. The number of rotatable bonds is 3. The maximum absolute atomic E-state index is 10.5. The second kappa shape index (κ2) is 4.06. The number of hydrogen-bond donors (Lipinski definition) is 1. The lowest BCUT2D eigenvalue weighted by Gasteiger charge is -2.21. The molecule has 0 rings (SSSR count). The predicted molar refractivity (Wildman–Crippen MR) is 41.6 cm³/mol. The molecule has 0 unspecified atom stereocenters. The highest BCUT2D eigenvalue weighted by molar-refractivity contribution is 5.65. The monoisotopic (exact) mass is 176 g/mol. The lowest BCUT2D eigenvalue weighted by molar-refractivity contribution is -0.816. The molecule has 0 bridgehead atoms. The van der Waals surface area contributed by atoms with E-state index >= 15 is 0 Å². The number of likely N-dealkylation sites (N-methyl/N-ethyl adjacent to an activating group) is 1. The molecule has 12 heavy (non-hydrogen) atoms. The lowest BCUT2D eigenvalue weighted by Crippen LogP contribution is -2.46. The molecule has 0 aliphatic heterocycles. The summed E-state index contributed by atoms with van der Waals surface area (Å²) >= 11 is 0. The largest absolute Gasteiger partial charge is 0.513 e. The molecule has 70 valence electrons. The van der Waals surface area contributed by atoms with Crippen molar-refractivity contribution >= 4 is 12.1 Å². The zero-order valence-electron chi connectivity index (χ0n) is 7.53. The van der Waals surface area contributed by atoms with Gasteiger partial charge in [0.15, 0.2) is 0 Å². The van der Waals surface area contributed by atoms with Gasteiger partial charge in [0, 0.05) is 6.92 Å². The minimum absolute atomic E-state index is 0.134. The van der Waals surface area contributed by atoms with E-state index in [-0.39, 0.29) is 23.6 Å². The maximum atomic E-state index is 10.5. The van der Waals surface area contributed by atoms with Crippen LogP contribution < -0.4 is 0 Å². The molecule has 0 aromatic heterocycles. The molecule has 0 aliphatic carbocycles. The molecule has 0 aromatic carbocycles. The topological polar surface area (TPSA) is 63.6 Å². The van der Waals surface area contributed by atoms with E-state index in [0.29, 0.717) is 0 Å². The fourth-order valence-electron chi connectivity index (χ4n) is 0.513. The normalized spacial score (nSPS) is 10.9. The number of ether oxygens (including phenoxy) is 1. The number of esters is 1. The maximum Gasteiger partial charge on any atom is 0.513 e. The van der Waals surface area contributed by atoms with Crippen LogP contribution in [0.2, 0.25) is 0 Å². The van der Waals surface area contributed by atoms with Crippen molar-refractivity contribution in [2.75, 3.05) is 27.2 Å². The summed E-state index contributed by atoms with van der Waals surface area (Å²) in [7, 11) is 3.07. The van der Waals surface area contributed by atoms with Gasteiger partial charge in [-0.1, -0.05) is 0 Å². The molecular weight excluding hydrogens is 162 g/mol. The molecule has 0 spiro atoms. The molecule has 0 atom stereocenters. The van der Waals surface area contributed by atoms with Crippen molar-refractivity contribution in [2.24, 2.45) is 0 Å². The first kappa shape index (κ1) is 10.9. The lowest BCUT2D eigenvalue weighted by atomic mass is 10.5. The van der Waals surface area contributed by atoms with E-state index < -0.39 is 6.09 Å². The molecule has 0 saturated carbocycles. The number of quaternary nitrogens is 1. The quantitative estimate of drug-likeness (QED) is 0.496. The fraction of sp³-hybridized carbons (Fsp3) is 0.714. The third kappa shape index (κ3) is 3.92. The highest BCUT2D eigenvalue weighted by Crippen LogP contribution is 1.97. The summed E-state index contributed by atoms with van der Waals surface area (Å²) in [6.07, 6.45) is -0.942. The van der Waals surface area contributed by atoms with Crippen molar-refractivity contribution in [1.82, 2.24) is 0 Å². The zero-order chi connectivity index (χ0) is 9.78. The van der Waals surface area contributed by atoms with Crippen LogP contribution in [0, 0.1) is 0 Å². The van der Waals surface area contributed by atoms with Gasteiger partial charge in [0.25, 0.3) is 0 Å². The number of carbonyl (C=O) groups is 2. The number of carbonyl (C=O) groups excluding carboxylic acids is 1. The summed E-state index contributed by atoms with van der Waals surface area (Å²) in [6, 6.07) is 0. The second-order valence-electron chi connectivity index (χ2n) is 3.03. The van der Waals surface area contributed by atoms with Crippen LogP contribution >= 0.6 is 0 Å². The Morgan fingerprint density at radius 1 is 1.42 bits per heavy atom. The molecule has 0 aliphatic rings. The summed E-state index contributed by atoms with van der Waals surface area (Å²) in [5, 5.41) is 8.64. The molecule has 0 radical (unpaired) electrons. The van der Waals surface area contributed by atoms with Crippen LogP contribution in [-0.2, 0) is 9.53 Å². The Morgan fingerprint density at radius 3 is 2.25 bits per heavy atom. The molecule has 5 heteroatoms. The van der Waals surface area contributed by atoms with E-state index in [1.54, 1.807) is 0 Å². The van der Waals surface area contributed by atoms with E-state index in [4.69, 9.17) is 5.11 Å². The van der Waals surface area contributed by atoms with Crippen molar-refractivity contribution in [3.8, 4) is 0 Å². The third-order valence-electron chi connectivity index (χ3n) is 1.47. The van der Waals surface area contributed by atoms with Crippen LogP contribution in [0.5, 0.6) is 0 Å². The Kier molecular flexibility index (Phi) is 3.69. The van der Waals surface area contributed by atoms with Crippen molar-refractivity contribution in [2.45, 2.75) is 6.92 Å². The fourth-order valence-corrected chi connectivity index (χ4v) is 0.513. The predicted octanol–water partition coefficient (Wildman–Crippen LogP) is 0.304. The first-order chi connectivity index (χ1) is 5.36. The van der Waals surface area contributed by atoms with Crippen LogP contribution in [0.4, 0.5) is 4.79 Å². The van der Waals surface area contributed by atoms with Crippen LogP contribution in [0.1, 0.15) is 6.92 Å². The van der Waals surface area contributed by atoms with E-state index in [9.17, 15) is 9.59 Å². The first-order valence-electron chi connectivity index (χ1n) is 3.56. The summed E-state index contributed by atoms with van der Waals surface area (Å²) in [4.78, 5) is 20.9. The molecule has 1 N–H and O–H groups in total. The summed E-state index contributed by atoms with van der Waals surface area (Å²) < 4.78 is 4.41. The SMILES string of the molecule is CC(=O)OCC[N+](C)(C)C(=O)O. The molecule has 0 aromatic rings. The highest BCUT2D eigenvalue weighted by atomic mass is 16.5. The number of amides is 1. The molecule has 0 fully saturated rings. The van der Waals surface area contributed by atoms with Gasteiger partial charge in [0.2, 0.25) is 0 Å². The molecule has 5 nitrogen and oxygen atoms in total. The Balaban J connectivity index is 3.76. The average Bonchev–Trinajstić information content (AvgIpc) is 1.85. The second-order valence-corrected chi connectivity index (χ2v) is 3.03. The van der Waals surface area contributed by atoms with E-state index in [0.717, 1.165) is 0 Å². The zero-order valence-corrected chi connectivity index (χ0v) is 7.53. The average molecular weight is 176 g/mol. The van der Waals surface area contributed by atoms with Gasteiger partial charge in [0.05, 0.1) is 14.1 Å². The van der Waals surface area contributed by atoms with Crippen molar-refractivity contribution in [3.05, 3.63) is 0 Å². The molecule has 1 amide bonds. The summed E-state index contributed by atoms with van der Waals surface area (Å²) in [6.45, 7) is 1.70. The summed E-state index contributed by atoms with van der Waals surface area (Å²) in [5.74, 6) is -0.389. The minimum Gasteiger partial charge on any atom is -0.460 e. The highest BCUT2D eigenvalue weighted by Gasteiger charge is 2.25. The summed E-state index contributed by atoms with van der Waals surface area (Å²) in [5.41, 5.74) is 0. The van der Waals surface area contributed by atoms with Crippen LogP contribution in [-0.4, -0.2) is 48.9 Å². The van der Waals surface area contributed by atoms with Gasteiger partial charge in [-0.3, -0.25) is 4.79 Å². The number of carboxylic acid groups (broad SMARTS) is 1. The van der Waals surface area contributed by atoms with Gasteiger partial charge in [0.1, 0.15) is 13.2 Å². The first-order valence-corrected chi connectivity index (χ1v) is 3.56. The van der Waals surface area contributed by atoms with Gasteiger partial charge in [-0.05, 0) is 0 Å². The van der Waals surface area contributed by atoms with Gasteiger partial charge in [-0.15, -0.1) is 0 Å². The van der Waals surface area contributed by atoms with Gasteiger partial charge < -0.3 is 9.84 Å². The van der Waals surface area contributed by atoms with Crippen molar-refractivity contribution in [1.29, 1.82) is 0 Å². The van der Waals surface area contributed by atoms with Gasteiger partial charge in [-0.2, -0.15) is 4.79 Å². The van der Waals surface area contributed by atoms with Crippen LogP contribution in [0.3, 0.4) is 0 Å². The minimum atomic E-state index is -0.942. The van der Waals surface area contributed by atoms with Crippen molar-refractivity contribution in [3.63, 3.8) is 0 Å².